The number of hydrogen-bond donors (Lipinski definition) is 3. The fourth-order valence-corrected chi connectivity index (χ4v) is 0.894. The first-order valence-electron chi connectivity index (χ1n) is 4.08. The Balaban J connectivity index is 2.81. The third-order valence-corrected chi connectivity index (χ3v) is 1.53. The highest BCUT2D eigenvalue weighted by Crippen LogP contribution is 2.26. The second-order valence-electron chi connectivity index (χ2n) is 2.45. The lowest BCUT2D eigenvalue weighted by molar-refractivity contribution is -0.303. The van der Waals surface area contributed by atoms with Crippen LogP contribution >= 0.6 is 0 Å². The van der Waals surface area contributed by atoms with Gasteiger partial charge in [0.05, 0.1) is 7.11 Å². The molecule has 1 aromatic heterocycles. The predicted molar refractivity (Wildman–Crippen MR) is 54.0 cm³/mol. The van der Waals surface area contributed by atoms with E-state index in [0.29, 0.717) is 5.82 Å². The SMILES string of the molecule is CNc1nc(N)nc(OCOOC)c1N. The smallest absolute Gasteiger partial charge is 0.246 e. The Kier molecular flexibility index (Phi) is 3.89. The standard InChI is InChI=1S/C7H13N5O3/c1-10-5-4(8)6(12-7(9)11-5)14-3-15-13-2/h3,8H2,1-2H3,(H3,9,10,11,12). The van der Waals surface area contributed by atoms with Crippen LogP contribution in [0, 0.1) is 0 Å². The summed E-state index contributed by atoms with van der Waals surface area (Å²) >= 11 is 0. The molecule has 0 unspecified atom stereocenters. The molecule has 84 valence electrons. The lowest BCUT2D eigenvalue weighted by atomic mass is 10.4. The van der Waals surface area contributed by atoms with Crippen LogP contribution in [0.3, 0.4) is 0 Å². The van der Waals surface area contributed by atoms with Crippen molar-refractivity contribution in [3.8, 4) is 5.88 Å². The minimum absolute atomic E-state index is 0.0565. The second-order valence-corrected chi connectivity index (χ2v) is 2.45. The lowest BCUT2D eigenvalue weighted by Gasteiger charge is -2.10. The first-order chi connectivity index (χ1) is 7.19. The number of aromatic nitrogens is 2. The van der Waals surface area contributed by atoms with Gasteiger partial charge in [-0.15, -0.1) is 0 Å². The molecule has 0 saturated carbocycles. The van der Waals surface area contributed by atoms with Crippen LogP contribution in [0.1, 0.15) is 0 Å². The van der Waals surface area contributed by atoms with Gasteiger partial charge < -0.3 is 21.5 Å². The molecule has 0 radical (unpaired) electrons. The maximum absolute atomic E-state index is 5.68. The minimum atomic E-state index is -0.139. The van der Waals surface area contributed by atoms with Crippen molar-refractivity contribution in [2.45, 2.75) is 0 Å². The lowest BCUT2D eigenvalue weighted by Crippen LogP contribution is -2.10. The molecular weight excluding hydrogens is 202 g/mol. The fraction of sp³-hybridized carbons (Fsp3) is 0.429. The fourth-order valence-electron chi connectivity index (χ4n) is 0.894. The van der Waals surface area contributed by atoms with Crippen molar-refractivity contribution in [1.82, 2.24) is 9.97 Å². The van der Waals surface area contributed by atoms with E-state index >= 15 is 0 Å². The van der Waals surface area contributed by atoms with Gasteiger partial charge in [-0.2, -0.15) is 14.9 Å². The van der Waals surface area contributed by atoms with Gasteiger partial charge in [-0.05, 0) is 0 Å². The Morgan fingerprint density at radius 3 is 2.67 bits per heavy atom. The molecular formula is C7H13N5O3. The van der Waals surface area contributed by atoms with E-state index in [0.717, 1.165) is 0 Å². The molecule has 1 heterocycles. The van der Waals surface area contributed by atoms with Crippen molar-refractivity contribution in [2.24, 2.45) is 0 Å². The molecule has 0 bridgehead atoms. The average molecular weight is 215 g/mol. The molecule has 0 aromatic carbocycles. The maximum atomic E-state index is 5.68. The van der Waals surface area contributed by atoms with Gasteiger partial charge in [0, 0.05) is 7.05 Å². The number of ether oxygens (including phenoxy) is 1. The van der Waals surface area contributed by atoms with E-state index in [1.165, 1.54) is 7.11 Å². The highest BCUT2D eigenvalue weighted by atomic mass is 17.2. The maximum Gasteiger partial charge on any atom is 0.246 e. The number of nitrogens with one attached hydrogen (secondary N) is 1. The van der Waals surface area contributed by atoms with Crippen molar-refractivity contribution in [3.05, 3.63) is 0 Å². The summed E-state index contributed by atoms with van der Waals surface area (Å²) in [5, 5.41) is 2.76. The van der Waals surface area contributed by atoms with Gasteiger partial charge in [0.1, 0.15) is 5.69 Å². The number of nitrogen functional groups attached to an aromatic ring is 2. The van der Waals surface area contributed by atoms with E-state index in [2.05, 4.69) is 25.1 Å². The molecule has 0 spiro atoms. The Hall–Kier alpha value is -1.80. The predicted octanol–water partition coefficient (Wildman–Crippen LogP) is -0.403. The summed E-state index contributed by atoms with van der Waals surface area (Å²) in [5.41, 5.74) is 11.4. The summed E-state index contributed by atoms with van der Waals surface area (Å²) in [6.07, 6.45) is 0. The van der Waals surface area contributed by atoms with Crippen LogP contribution in [0.15, 0.2) is 0 Å². The summed E-state index contributed by atoms with van der Waals surface area (Å²) in [6, 6.07) is 0. The van der Waals surface area contributed by atoms with E-state index in [9.17, 15) is 0 Å². The van der Waals surface area contributed by atoms with Gasteiger partial charge in [-0.3, -0.25) is 0 Å². The molecule has 0 aliphatic heterocycles. The number of rotatable bonds is 5. The van der Waals surface area contributed by atoms with E-state index in [4.69, 9.17) is 16.2 Å². The summed E-state index contributed by atoms with van der Waals surface area (Å²) in [4.78, 5) is 16.5. The molecule has 0 aliphatic rings. The van der Waals surface area contributed by atoms with Gasteiger partial charge in [-0.1, -0.05) is 0 Å². The van der Waals surface area contributed by atoms with Gasteiger partial charge in [0.15, 0.2) is 5.82 Å². The molecule has 1 rings (SSSR count). The average Bonchev–Trinajstić information content (AvgIpc) is 2.23. The monoisotopic (exact) mass is 215 g/mol. The Morgan fingerprint density at radius 1 is 1.33 bits per heavy atom. The minimum Gasteiger partial charge on any atom is -0.446 e. The second kappa shape index (κ2) is 5.17. The molecule has 0 saturated heterocycles. The molecule has 0 fully saturated rings. The van der Waals surface area contributed by atoms with Crippen molar-refractivity contribution in [1.29, 1.82) is 0 Å². The van der Waals surface area contributed by atoms with Crippen molar-refractivity contribution in [2.75, 3.05) is 37.7 Å². The molecule has 0 amide bonds. The summed E-state index contributed by atoms with van der Waals surface area (Å²) in [7, 11) is 3.02. The normalized spacial score (nSPS) is 10.0. The van der Waals surface area contributed by atoms with E-state index < -0.39 is 0 Å². The molecule has 5 N–H and O–H groups in total. The number of anilines is 3. The zero-order chi connectivity index (χ0) is 11.3. The zero-order valence-corrected chi connectivity index (χ0v) is 8.48. The topological polar surface area (TPSA) is 118 Å². The van der Waals surface area contributed by atoms with Gasteiger partial charge in [-0.25, -0.2) is 4.89 Å². The van der Waals surface area contributed by atoms with Gasteiger partial charge >= 0.3 is 0 Å². The van der Waals surface area contributed by atoms with Crippen LogP contribution in [0.25, 0.3) is 0 Å². The molecule has 1 aromatic rings. The molecule has 0 atom stereocenters. The molecule has 8 heteroatoms. The van der Waals surface area contributed by atoms with Crippen LogP contribution in [-0.4, -0.2) is 30.9 Å². The Labute approximate surface area is 86.5 Å². The van der Waals surface area contributed by atoms with Crippen LogP contribution < -0.4 is 21.5 Å². The summed E-state index contributed by atoms with van der Waals surface area (Å²) < 4.78 is 5.06. The number of hydrogen-bond acceptors (Lipinski definition) is 8. The zero-order valence-electron chi connectivity index (χ0n) is 8.48. The van der Waals surface area contributed by atoms with Crippen molar-refractivity contribution >= 4 is 17.5 Å². The van der Waals surface area contributed by atoms with Crippen molar-refractivity contribution in [3.63, 3.8) is 0 Å². The molecule has 8 nitrogen and oxygen atoms in total. The van der Waals surface area contributed by atoms with Crippen LogP contribution in [0.5, 0.6) is 5.88 Å². The highest BCUT2D eigenvalue weighted by Gasteiger charge is 2.10. The number of nitrogens with zero attached hydrogens (tertiary/aromatic N) is 2. The quantitative estimate of drug-likeness (QED) is 0.263. The Bertz CT molecular complexity index is 333. The van der Waals surface area contributed by atoms with E-state index in [-0.39, 0.29) is 24.3 Å². The van der Waals surface area contributed by atoms with Crippen LogP contribution in [0.2, 0.25) is 0 Å². The first-order valence-corrected chi connectivity index (χ1v) is 4.08. The van der Waals surface area contributed by atoms with Crippen LogP contribution in [-0.2, 0) is 9.78 Å². The number of nitrogens with two attached hydrogens (primary N) is 2. The Morgan fingerprint density at radius 2 is 2.07 bits per heavy atom. The van der Waals surface area contributed by atoms with Crippen LogP contribution in [0.4, 0.5) is 17.5 Å². The molecule has 0 aliphatic carbocycles. The third-order valence-electron chi connectivity index (χ3n) is 1.53. The largest absolute Gasteiger partial charge is 0.446 e. The van der Waals surface area contributed by atoms with E-state index in [1.54, 1.807) is 7.05 Å². The first kappa shape index (κ1) is 11.3. The molecule has 15 heavy (non-hydrogen) atoms. The summed E-state index contributed by atoms with van der Waals surface area (Å²) in [5.74, 6) is 0.597. The van der Waals surface area contributed by atoms with Crippen molar-refractivity contribution < 1.29 is 14.5 Å². The van der Waals surface area contributed by atoms with E-state index in [1.807, 2.05) is 0 Å². The van der Waals surface area contributed by atoms with Gasteiger partial charge in [0.25, 0.3) is 0 Å². The summed E-state index contributed by atoms with van der Waals surface area (Å²) in [6.45, 7) is -0.139. The third kappa shape index (κ3) is 2.82. The highest BCUT2D eigenvalue weighted by molar-refractivity contribution is 5.68. The van der Waals surface area contributed by atoms with Gasteiger partial charge in [0.2, 0.25) is 18.6 Å².